The number of nitrogens with zero attached hydrogens (tertiary/aromatic N) is 2. The first-order valence-electron chi connectivity index (χ1n) is 7.36. The minimum absolute atomic E-state index is 0.139. The van der Waals surface area contributed by atoms with Gasteiger partial charge in [0.25, 0.3) is 11.5 Å². The lowest BCUT2D eigenvalue weighted by molar-refractivity contribution is -0.181. The molecule has 7 heteroatoms. The average molecular weight is 308 g/mol. The van der Waals surface area contributed by atoms with E-state index in [2.05, 4.69) is 0 Å². The van der Waals surface area contributed by atoms with E-state index in [0.717, 1.165) is 0 Å². The Morgan fingerprint density at radius 3 is 2.50 bits per heavy atom. The van der Waals surface area contributed by atoms with Crippen LogP contribution in [0.2, 0.25) is 0 Å². The van der Waals surface area contributed by atoms with Gasteiger partial charge in [-0.25, -0.2) is 0 Å². The molecule has 0 bridgehead atoms. The molecule has 7 nitrogen and oxygen atoms in total. The van der Waals surface area contributed by atoms with Crippen molar-refractivity contribution in [3.8, 4) is 5.75 Å². The van der Waals surface area contributed by atoms with Crippen molar-refractivity contribution in [1.29, 1.82) is 0 Å². The van der Waals surface area contributed by atoms with E-state index in [-0.39, 0.29) is 11.5 Å². The van der Waals surface area contributed by atoms with E-state index in [4.69, 9.17) is 14.2 Å². The maximum atomic E-state index is 12.7. The predicted molar refractivity (Wildman–Crippen MR) is 78.0 cm³/mol. The molecule has 0 atom stereocenters. The summed E-state index contributed by atoms with van der Waals surface area (Å²) in [5.74, 6) is -0.341. The van der Waals surface area contributed by atoms with Crippen LogP contribution in [0.25, 0.3) is 0 Å². The Kier molecular flexibility index (Phi) is 3.92. The third-order valence-corrected chi connectivity index (χ3v) is 4.27. The van der Waals surface area contributed by atoms with Gasteiger partial charge in [-0.15, -0.1) is 0 Å². The highest BCUT2D eigenvalue weighted by atomic mass is 16.7. The molecule has 0 radical (unpaired) electrons. The second-order valence-electron chi connectivity index (χ2n) is 5.60. The predicted octanol–water partition coefficient (Wildman–Crippen LogP) is 0.373. The maximum Gasteiger partial charge on any atom is 0.259 e. The lowest BCUT2D eigenvalue weighted by atomic mass is 10.0. The number of ether oxygens (including phenoxy) is 3. The highest BCUT2D eigenvalue weighted by Crippen LogP contribution is 2.32. The number of aromatic nitrogens is 1. The summed E-state index contributed by atoms with van der Waals surface area (Å²) < 4.78 is 17.9. The SMILES string of the molecule is COc1cc(=O)n(C)cc1C(=O)N1CCC2(CC1)OCCO2. The number of carbonyl (C=O) groups excluding carboxylic acids is 1. The summed E-state index contributed by atoms with van der Waals surface area (Å²) in [7, 11) is 3.07. The van der Waals surface area contributed by atoms with Gasteiger partial charge < -0.3 is 23.7 Å². The molecule has 1 aromatic heterocycles. The molecule has 0 aromatic carbocycles. The summed E-state index contributed by atoms with van der Waals surface area (Å²) in [5.41, 5.74) is 0.188. The number of amides is 1. The third-order valence-electron chi connectivity index (χ3n) is 4.27. The van der Waals surface area contributed by atoms with E-state index < -0.39 is 5.79 Å². The lowest BCUT2D eigenvalue weighted by Crippen LogP contribution is -2.47. The molecule has 120 valence electrons. The van der Waals surface area contributed by atoms with E-state index in [1.54, 1.807) is 11.9 Å². The first-order valence-corrected chi connectivity index (χ1v) is 7.36. The third kappa shape index (κ3) is 2.62. The van der Waals surface area contributed by atoms with Gasteiger partial charge in [-0.05, 0) is 0 Å². The molecule has 0 unspecified atom stereocenters. The van der Waals surface area contributed by atoms with Crippen molar-refractivity contribution in [3.63, 3.8) is 0 Å². The Balaban J connectivity index is 1.77. The smallest absolute Gasteiger partial charge is 0.259 e. The van der Waals surface area contributed by atoms with Crippen LogP contribution in [0.15, 0.2) is 17.1 Å². The highest BCUT2D eigenvalue weighted by Gasteiger charge is 2.41. The molecule has 1 aromatic rings. The maximum absolute atomic E-state index is 12.7. The number of pyridine rings is 1. The Bertz CT molecular complexity index is 623. The van der Waals surface area contributed by atoms with Crippen LogP contribution in [0.3, 0.4) is 0 Å². The zero-order chi connectivity index (χ0) is 15.7. The number of aryl methyl sites for hydroxylation is 1. The monoisotopic (exact) mass is 308 g/mol. The number of hydrogen-bond donors (Lipinski definition) is 0. The molecular weight excluding hydrogens is 288 g/mol. The normalized spacial score (nSPS) is 20.4. The van der Waals surface area contributed by atoms with Crippen molar-refractivity contribution in [3.05, 3.63) is 28.2 Å². The van der Waals surface area contributed by atoms with E-state index in [9.17, 15) is 9.59 Å². The average Bonchev–Trinajstić information content (AvgIpc) is 2.98. The molecule has 3 heterocycles. The first kappa shape index (κ1) is 15.1. The van der Waals surface area contributed by atoms with Gasteiger partial charge in [-0.3, -0.25) is 9.59 Å². The topological polar surface area (TPSA) is 70.0 Å². The summed E-state index contributed by atoms with van der Waals surface area (Å²) in [6.45, 7) is 2.35. The second-order valence-corrected chi connectivity index (χ2v) is 5.60. The van der Waals surface area contributed by atoms with Crippen molar-refractivity contribution in [1.82, 2.24) is 9.47 Å². The Morgan fingerprint density at radius 1 is 1.27 bits per heavy atom. The number of hydrogen-bond acceptors (Lipinski definition) is 5. The van der Waals surface area contributed by atoms with Gasteiger partial charge in [-0.2, -0.15) is 0 Å². The molecule has 22 heavy (non-hydrogen) atoms. The van der Waals surface area contributed by atoms with Crippen LogP contribution in [-0.2, 0) is 16.5 Å². The van der Waals surface area contributed by atoms with Crippen LogP contribution in [0.5, 0.6) is 5.75 Å². The number of likely N-dealkylation sites (tertiary alicyclic amines) is 1. The molecule has 2 saturated heterocycles. The number of methoxy groups -OCH3 is 1. The Hall–Kier alpha value is -1.86. The minimum Gasteiger partial charge on any atom is -0.496 e. The van der Waals surface area contributed by atoms with Crippen LogP contribution in [0.1, 0.15) is 23.2 Å². The lowest BCUT2D eigenvalue weighted by Gasteiger charge is -2.37. The molecule has 2 fully saturated rings. The molecular formula is C15H20N2O5. The van der Waals surface area contributed by atoms with E-state index in [0.29, 0.717) is 50.5 Å². The largest absolute Gasteiger partial charge is 0.496 e. The summed E-state index contributed by atoms with van der Waals surface area (Å²) in [6.07, 6.45) is 2.84. The van der Waals surface area contributed by atoms with Gasteiger partial charge in [0.1, 0.15) is 5.75 Å². The van der Waals surface area contributed by atoms with Crippen molar-refractivity contribution >= 4 is 5.91 Å². The van der Waals surface area contributed by atoms with Gasteiger partial charge >= 0.3 is 0 Å². The summed E-state index contributed by atoms with van der Waals surface area (Å²) in [4.78, 5) is 26.1. The van der Waals surface area contributed by atoms with Crippen molar-refractivity contribution in [2.75, 3.05) is 33.4 Å². The van der Waals surface area contributed by atoms with Gasteiger partial charge in [0.05, 0.1) is 25.9 Å². The summed E-state index contributed by atoms with van der Waals surface area (Å²) in [6, 6.07) is 1.34. The van der Waals surface area contributed by atoms with Gasteiger partial charge in [0.2, 0.25) is 0 Å². The number of rotatable bonds is 2. The summed E-state index contributed by atoms with van der Waals surface area (Å²) in [5, 5.41) is 0. The first-order chi connectivity index (χ1) is 10.5. The van der Waals surface area contributed by atoms with Crippen LogP contribution in [0, 0.1) is 0 Å². The molecule has 0 saturated carbocycles. The van der Waals surface area contributed by atoms with Gasteiger partial charge in [0.15, 0.2) is 5.79 Å². The minimum atomic E-state index is -0.510. The van der Waals surface area contributed by atoms with Gasteiger partial charge in [0, 0.05) is 45.2 Å². The van der Waals surface area contributed by atoms with Crippen molar-refractivity contribution in [2.45, 2.75) is 18.6 Å². The fourth-order valence-corrected chi connectivity index (χ4v) is 2.95. The molecule has 2 aliphatic heterocycles. The quantitative estimate of drug-likeness (QED) is 0.789. The zero-order valence-electron chi connectivity index (χ0n) is 12.8. The molecule has 3 rings (SSSR count). The van der Waals surface area contributed by atoms with Crippen LogP contribution in [-0.4, -0.2) is 54.6 Å². The highest BCUT2D eigenvalue weighted by molar-refractivity contribution is 5.96. The van der Waals surface area contributed by atoms with Crippen LogP contribution >= 0.6 is 0 Å². The summed E-state index contributed by atoms with van der Waals surface area (Å²) >= 11 is 0. The molecule has 2 aliphatic rings. The fourth-order valence-electron chi connectivity index (χ4n) is 2.95. The van der Waals surface area contributed by atoms with Crippen molar-refractivity contribution in [2.24, 2.45) is 7.05 Å². The van der Waals surface area contributed by atoms with Crippen molar-refractivity contribution < 1.29 is 19.0 Å². The molecule has 0 aliphatic carbocycles. The van der Waals surface area contributed by atoms with Crippen LogP contribution < -0.4 is 10.3 Å². The van der Waals surface area contributed by atoms with Crippen LogP contribution in [0.4, 0.5) is 0 Å². The molecule has 1 amide bonds. The fraction of sp³-hybridized carbons (Fsp3) is 0.600. The Labute approximate surface area is 128 Å². The van der Waals surface area contributed by atoms with Gasteiger partial charge in [-0.1, -0.05) is 0 Å². The second kappa shape index (κ2) is 5.73. The number of carbonyl (C=O) groups is 1. The van der Waals surface area contributed by atoms with E-state index >= 15 is 0 Å². The number of piperidine rings is 1. The van der Waals surface area contributed by atoms with E-state index in [1.807, 2.05) is 0 Å². The zero-order valence-corrected chi connectivity index (χ0v) is 12.8. The van der Waals surface area contributed by atoms with E-state index in [1.165, 1.54) is 23.9 Å². The standard InChI is InChI=1S/C15H20N2O5/c1-16-10-11(12(20-2)9-13(16)18)14(19)17-5-3-15(4-6-17)21-7-8-22-15/h9-10H,3-8H2,1-2H3. The Morgan fingerprint density at radius 2 is 1.91 bits per heavy atom. The molecule has 0 N–H and O–H groups in total. The molecule has 1 spiro atoms.